The van der Waals surface area contributed by atoms with Gasteiger partial charge in [-0.15, -0.1) is 0 Å². The maximum atomic E-state index is 12.3. The van der Waals surface area contributed by atoms with E-state index in [1.165, 1.54) is 24.6 Å². The fraction of sp³-hybridized carbons (Fsp3) is 0.500. The van der Waals surface area contributed by atoms with E-state index >= 15 is 0 Å². The lowest BCUT2D eigenvalue weighted by molar-refractivity contribution is -0.113. The second kappa shape index (κ2) is 9.77. The van der Waals surface area contributed by atoms with E-state index in [9.17, 15) is 9.59 Å². The molecule has 1 fully saturated rings. The van der Waals surface area contributed by atoms with Gasteiger partial charge in [0.1, 0.15) is 4.32 Å². The minimum atomic E-state index is -0.0885. The third-order valence-corrected chi connectivity index (χ3v) is 5.68. The SMILES string of the molecule is CCN(CC)C(=O)c1ccc(NC(=O)CSC(=S)N2CCCC2)cc1. The highest BCUT2D eigenvalue weighted by Crippen LogP contribution is 2.17. The normalized spacial score (nSPS) is 13.6. The molecule has 0 atom stereocenters. The average Bonchev–Trinajstić information content (AvgIpc) is 3.16. The summed E-state index contributed by atoms with van der Waals surface area (Å²) in [6, 6.07) is 7.02. The van der Waals surface area contributed by atoms with E-state index < -0.39 is 0 Å². The molecule has 1 N–H and O–H groups in total. The Morgan fingerprint density at radius 3 is 2.32 bits per heavy atom. The standard InChI is InChI=1S/C18H25N3O2S2/c1-3-20(4-2)17(23)14-7-9-15(10-8-14)19-16(22)13-25-18(24)21-11-5-6-12-21/h7-10H,3-6,11-13H2,1-2H3,(H,19,22). The van der Waals surface area contributed by atoms with Gasteiger partial charge in [0.15, 0.2) is 0 Å². The maximum absolute atomic E-state index is 12.3. The number of nitrogens with zero attached hydrogens (tertiary/aromatic N) is 2. The molecule has 25 heavy (non-hydrogen) atoms. The Balaban J connectivity index is 1.82. The molecule has 2 rings (SSSR count). The number of hydrogen-bond acceptors (Lipinski definition) is 4. The van der Waals surface area contributed by atoms with E-state index in [1.807, 2.05) is 13.8 Å². The van der Waals surface area contributed by atoms with Crippen molar-refractivity contribution < 1.29 is 9.59 Å². The van der Waals surface area contributed by atoms with Gasteiger partial charge in [-0.25, -0.2) is 0 Å². The van der Waals surface area contributed by atoms with Gasteiger partial charge in [0.25, 0.3) is 5.91 Å². The molecule has 0 saturated carbocycles. The van der Waals surface area contributed by atoms with Crippen LogP contribution in [0.25, 0.3) is 0 Å². The van der Waals surface area contributed by atoms with Crippen LogP contribution >= 0.6 is 24.0 Å². The maximum Gasteiger partial charge on any atom is 0.253 e. The van der Waals surface area contributed by atoms with Gasteiger partial charge in [-0.1, -0.05) is 24.0 Å². The van der Waals surface area contributed by atoms with Crippen molar-refractivity contribution in [2.45, 2.75) is 26.7 Å². The van der Waals surface area contributed by atoms with E-state index in [2.05, 4.69) is 10.2 Å². The first-order valence-electron chi connectivity index (χ1n) is 8.66. The summed E-state index contributed by atoms with van der Waals surface area (Å²) < 4.78 is 0.799. The smallest absolute Gasteiger partial charge is 0.253 e. The Kier molecular flexibility index (Phi) is 7.71. The number of carbonyl (C=O) groups is 2. The summed E-state index contributed by atoms with van der Waals surface area (Å²) >= 11 is 6.76. The number of likely N-dealkylation sites (tertiary alicyclic amines) is 1. The number of amides is 2. The molecule has 0 spiro atoms. The van der Waals surface area contributed by atoms with E-state index in [0.29, 0.717) is 30.1 Å². The van der Waals surface area contributed by atoms with E-state index in [-0.39, 0.29) is 11.8 Å². The number of thioether (sulfide) groups is 1. The quantitative estimate of drug-likeness (QED) is 0.769. The Hall–Kier alpha value is -1.60. The van der Waals surface area contributed by atoms with Crippen molar-refractivity contribution in [2.75, 3.05) is 37.2 Å². The van der Waals surface area contributed by atoms with Crippen LogP contribution in [0.1, 0.15) is 37.0 Å². The molecule has 5 nitrogen and oxygen atoms in total. The largest absolute Gasteiger partial charge is 0.358 e. The number of hydrogen-bond donors (Lipinski definition) is 1. The minimum absolute atomic E-state index is 0.00870. The molecule has 1 heterocycles. The number of anilines is 1. The molecule has 1 saturated heterocycles. The fourth-order valence-corrected chi connectivity index (χ4v) is 3.76. The van der Waals surface area contributed by atoms with Crippen LogP contribution in [0.4, 0.5) is 5.69 Å². The summed E-state index contributed by atoms with van der Waals surface area (Å²) in [7, 11) is 0. The molecule has 0 aliphatic carbocycles. The van der Waals surface area contributed by atoms with Crippen molar-refractivity contribution in [1.82, 2.24) is 9.80 Å². The molecule has 0 aromatic heterocycles. The Bertz CT molecular complexity index is 609. The van der Waals surface area contributed by atoms with E-state index in [1.54, 1.807) is 29.2 Å². The van der Waals surface area contributed by atoms with Gasteiger partial charge in [0.05, 0.1) is 5.75 Å². The van der Waals surface area contributed by atoms with E-state index in [4.69, 9.17) is 12.2 Å². The highest BCUT2D eigenvalue weighted by Gasteiger charge is 2.16. The van der Waals surface area contributed by atoms with Crippen LogP contribution in [0.15, 0.2) is 24.3 Å². The molecule has 0 unspecified atom stereocenters. The monoisotopic (exact) mass is 379 g/mol. The molecule has 1 aromatic rings. The van der Waals surface area contributed by atoms with Crippen LogP contribution in [0.2, 0.25) is 0 Å². The summed E-state index contributed by atoms with van der Waals surface area (Å²) in [5, 5.41) is 2.85. The molecular weight excluding hydrogens is 354 g/mol. The molecule has 1 aliphatic heterocycles. The van der Waals surface area contributed by atoms with Crippen LogP contribution in [0.5, 0.6) is 0 Å². The molecule has 136 valence electrons. The predicted molar refractivity (Wildman–Crippen MR) is 108 cm³/mol. The van der Waals surface area contributed by atoms with Crippen LogP contribution in [-0.2, 0) is 4.79 Å². The minimum Gasteiger partial charge on any atom is -0.358 e. The molecule has 2 amide bonds. The van der Waals surface area contributed by atoms with Gasteiger partial charge in [-0.2, -0.15) is 0 Å². The Morgan fingerprint density at radius 2 is 1.76 bits per heavy atom. The van der Waals surface area contributed by atoms with Gasteiger partial charge in [-0.3, -0.25) is 9.59 Å². The van der Waals surface area contributed by atoms with Gasteiger partial charge >= 0.3 is 0 Å². The van der Waals surface area contributed by atoms with Gasteiger partial charge in [0, 0.05) is 37.4 Å². The number of carbonyl (C=O) groups excluding carboxylic acids is 2. The first-order chi connectivity index (χ1) is 12.0. The zero-order chi connectivity index (χ0) is 18.2. The molecule has 1 aromatic carbocycles. The zero-order valence-electron chi connectivity index (χ0n) is 14.8. The highest BCUT2D eigenvalue weighted by molar-refractivity contribution is 8.23. The van der Waals surface area contributed by atoms with Gasteiger partial charge < -0.3 is 15.1 Å². The third-order valence-electron chi connectivity index (χ3n) is 4.16. The zero-order valence-corrected chi connectivity index (χ0v) is 16.4. The second-order valence-electron chi connectivity index (χ2n) is 5.85. The summed E-state index contributed by atoms with van der Waals surface area (Å²) in [6.07, 6.45) is 2.34. The van der Waals surface area contributed by atoms with Crippen LogP contribution in [0, 0.1) is 0 Å². The first-order valence-corrected chi connectivity index (χ1v) is 10.1. The van der Waals surface area contributed by atoms with Crippen LogP contribution in [0.3, 0.4) is 0 Å². The molecule has 0 radical (unpaired) electrons. The molecular formula is C18H25N3O2S2. The summed E-state index contributed by atoms with van der Waals surface area (Å²) in [5.41, 5.74) is 1.32. The fourth-order valence-electron chi connectivity index (χ4n) is 2.70. The Morgan fingerprint density at radius 1 is 1.16 bits per heavy atom. The molecule has 1 aliphatic rings. The van der Waals surface area contributed by atoms with Crippen molar-refractivity contribution in [3.63, 3.8) is 0 Å². The number of thiocarbonyl (C=S) groups is 1. The van der Waals surface area contributed by atoms with Crippen molar-refractivity contribution in [3.8, 4) is 0 Å². The summed E-state index contributed by atoms with van der Waals surface area (Å²) in [4.78, 5) is 28.2. The lowest BCUT2D eigenvalue weighted by Gasteiger charge is -2.18. The lowest BCUT2D eigenvalue weighted by Crippen LogP contribution is -2.30. The first kappa shape index (κ1) is 19.7. The Labute approximate surface area is 159 Å². The number of benzene rings is 1. The van der Waals surface area contributed by atoms with Crippen molar-refractivity contribution in [3.05, 3.63) is 29.8 Å². The van der Waals surface area contributed by atoms with E-state index in [0.717, 1.165) is 17.4 Å². The van der Waals surface area contributed by atoms with Crippen molar-refractivity contribution >= 4 is 45.8 Å². The second-order valence-corrected chi connectivity index (χ2v) is 7.46. The van der Waals surface area contributed by atoms with Crippen LogP contribution in [-0.4, -0.2) is 57.9 Å². The molecule has 7 heteroatoms. The van der Waals surface area contributed by atoms with Crippen molar-refractivity contribution in [1.29, 1.82) is 0 Å². The summed E-state index contributed by atoms with van der Waals surface area (Å²) in [6.45, 7) is 7.27. The van der Waals surface area contributed by atoms with Gasteiger partial charge in [0.2, 0.25) is 5.91 Å². The van der Waals surface area contributed by atoms with Gasteiger partial charge in [-0.05, 0) is 51.0 Å². The summed E-state index contributed by atoms with van der Waals surface area (Å²) in [5.74, 6) is 0.221. The lowest BCUT2D eigenvalue weighted by atomic mass is 10.2. The van der Waals surface area contributed by atoms with Crippen molar-refractivity contribution in [2.24, 2.45) is 0 Å². The molecule has 0 bridgehead atoms. The topological polar surface area (TPSA) is 52.7 Å². The van der Waals surface area contributed by atoms with Crippen LogP contribution < -0.4 is 5.32 Å². The number of nitrogens with one attached hydrogen (secondary N) is 1. The average molecular weight is 380 g/mol. The highest BCUT2D eigenvalue weighted by atomic mass is 32.2. The number of rotatable bonds is 6. The third kappa shape index (κ3) is 5.71. The predicted octanol–water partition coefficient (Wildman–Crippen LogP) is 3.22.